The van der Waals surface area contributed by atoms with Gasteiger partial charge in [-0.2, -0.15) is 4.39 Å². The number of nitro groups is 1. The Kier molecular flexibility index (Phi) is 6.48. The van der Waals surface area contributed by atoms with E-state index >= 15 is 0 Å². The molecule has 24 heavy (non-hydrogen) atoms. The summed E-state index contributed by atoms with van der Waals surface area (Å²) in [5, 5.41) is 13.9. The van der Waals surface area contributed by atoms with Gasteiger partial charge in [0.15, 0.2) is 6.61 Å². The number of hydrogen-bond donors (Lipinski definition) is 1. The predicted octanol–water partition coefficient (Wildman–Crippen LogP) is 2.10. The smallest absolute Gasteiger partial charge is 0.305 e. The maximum atomic E-state index is 13.6. The topological polar surface area (TPSA) is 84.7 Å². The van der Waals surface area contributed by atoms with Gasteiger partial charge in [-0.05, 0) is 38.4 Å². The second-order valence-electron chi connectivity index (χ2n) is 5.73. The Morgan fingerprint density at radius 1 is 1.46 bits per heavy atom. The predicted molar refractivity (Wildman–Crippen MR) is 86.4 cm³/mol. The zero-order chi connectivity index (χ0) is 17.5. The molecule has 8 heteroatoms. The monoisotopic (exact) mass is 339 g/mol. The normalized spacial score (nSPS) is 15.1. The van der Waals surface area contributed by atoms with E-state index in [4.69, 9.17) is 4.74 Å². The number of carbonyl (C=O) groups is 1. The summed E-state index contributed by atoms with van der Waals surface area (Å²) in [6.07, 6.45) is 2.65. The molecular weight excluding hydrogens is 317 g/mol. The first kappa shape index (κ1) is 18.1. The molecule has 0 unspecified atom stereocenters. The summed E-state index contributed by atoms with van der Waals surface area (Å²) >= 11 is 0. The highest BCUT2D eigenvalue weighted by Crippen LogP contribution is 2.22. The molecule has 1 aromatic rings. The van der Waals surface area contributed by atoms with Crippen molar-refractivity contribution in [3.05, 3.63) is 34.1 Å². The number of nitrogens with one attached hydrogen (secondary N) is 1. The Bertz CT molecular complexity index is 591. The molecule has 2 rings (SSSR count). The second-order valence-corrected chi connectivity index (χ2v) is 5.73. The molecule has 1 aromatic carbocycles. The van der Waals surface area contributed by atoms with E-state index in [1.54, 1.807) is 0 Å². The van der Waals surface area contributed by atoms with Gasteiger partial charge in [0.1, 0.15) is 5.75 Å². The van der Waals surface area contributed by atoms with Gasteiger partial charge < -0.3 is 15.0 Å². The van der Waals surface area contributed by atoms with Crippen molar-refractivity contribution in [1.29, 1.82) is 0 Å². The number of ether oxygens (including phenoxy) is 1. The molecule has 0 aliphatic carbocycles. The third-order valence-corrected chi connectivity index (χ3v) is 4.01. The summed E-state index contributed by atoms with van der Waals surface area (Å²) in [5.74, 6) is -1.02. The zero-order valence-corrected chi connectivity index (χ0v) is 13.7. The van der Waals surface area contributed by atoms with Gasteiger partial charge in [0.25, 0.3) is 5.91 Å². The molecule has 0 aromatic heterocycles. The average molecular weight is 339 g/mol. The summed E-state index contributed by atoms with van der Waals surface area (Å²) in [6.45, 7) is 4.22. The van der Waals surface area contributed by atoms with Crippen LogP contribution in [0.2, 0.25) is 0 Å². The van der Waals surface area contributed by atoms with Gasteiger partial charge in [0, 0.05) is 24.7 Å². The van der Waals surface area contributed by atoms with Gasteiger partial charge in [-0.15, -0.1) is 0 Å². The minimum Gasteiger partial charge on any atom is -0.484 e. The van der Waals surface area contributed by atoms with Crippen LogP contribution < -0.4 is 10.1 Å². The van der Waals surface area contributed by atoms with Crippen LogP contribution in [0.5, 0.6) is 5.75 Å². The van der Waals surface area contributed by atoms with Crippen molar-refractivity contribution < 1.29 is 18.8 Å². The minimum absolute atomic E-state index is 0.105. The van der Waals surface area contributed by atoms with Crippen LogP contribution in [-0.2, 0) is 4.79 Å². The van der Waals surface area contributed by atoms with Crippen molar-refractivity contribution in [1.82, 2.24) is 10.2 Å². The van der Waals surface area contributed by atoms with E-state index in [9.17, 15) is 19.3 Å². The van der Waals surface area contributed by atoms with Crippen molar-refractivity contribution >= 4 is 11.6 Å². The number of piperidine rings is 1. The van der Waals surface area contributed by atoms with E-state index in [1.165, 1.54) is 6.07 Å². The quantitative estimate of drug-likeness (QED) is 0.607. The Morgan fingerprint density at radius 3 is 2.75 bits per heavy atom. The lowest BCUT2D eigenvalue weighted by Crippen LogP contribution is -2.48. The Labute approximate surface area is 139 Å². The molecular formula is C16H22FN3O4. The fourth-order valence-electron chi connectivity index (χ4n) is 2.82. The van der Waals surface area contributed by atoms with Crippen LogP contribution in [0.15, 0.2) is 18.2 Å². The van der Waals surface area contributed by atoms with E-state index in [2.05, 4.69) is 5.32 Å². The molecule has 1 N–H and O–H groups in total. The minimum atomic E-state index is -0.978. The van der Waals surface area contributed by atoms with Gasteiger partial charge >= 0.3 is 5.69 Å². The number of hydrogen-bond acceptors (Lipinski definition) is 5. The summed E-state index contributed by atoms with van der Waals surface area (Å²) < 4.78 is 18.9. The Balaban J connectivity index is 1.97. The van der Waals surface area contributed by atoms with Gasteiger partial charge in [-0.25, -0.2) is 0 Å². The maximum Gasteiger partial charge on any atom is 0.305 e. The second kappa shape index (κ2) is 8.58. The van der Waals surface area contributed by atoms with E-state index in [0.717, 1.165) is 44.5 Å². The first-order valence-corrected chi connectivity index (χ1v) is 8.09. The summed E-state index contributed by atoms with van der Waals surface area (Å²) in [7, 11) is 0. The van der Waals surface area contributed by atoms with Crippen LogP contribution in [0, 0.1) is 15.9 Å². The SMILES string of the molecule is CCCN(C(=O)COc1ccc([N+](=O)[O-])c(F)c1)C1CCNCC1. The van der Waals surface area contributed by atoms with Crippen molar-refractivity contribution in [2.24, 2.45) is 0 Å². The third-order valence-electron chi connectivity index (χ3n) is 4.01. The van der Waals surface area contributed by atoms with Crippen LogP contribution in [-0.4, -0.2) is 48.0 Å². The van der Waals surface area contributed by atoms with Gasteiger partial charge in [-0.1, -0.05) is 6.92 Å². The molecule has 0 spiro atoms. The van der Waals surface area contributed by atoms with E-state index in [1.807, 2.05) is 11.8 Å². The lowest BCUT2D eigenvalue weighted by atomic mass is 10.0. The fourth-order valence-corrected chi connectivity index (χ4v) is 2.82. The van der Waals surface area contributed by atoms with Gasteiger partial charge in [0.05, 0.1) is 4.92 Å². The van der Waals surface area contributed by atoms with Gasteiger partial charge in [0.2, 0.25) is 5.82 Å². The van der Waals surface area contributed by atoms with Crippen LogP contribution >= 0.6 is 0 Å². The molecule has 1 aliphatic rings. The molecule has 0 atom stereocenters. The van der Waals surface area contributed by atoms with E-state index < -0.39 is 16.4 Å². The van der Waals surface area contributed by atoms with E-state index in [-0.39, 0.29) is 24.3 Å². The summed E-state index contributed by atoms with van der Waals surface area (Å²) in [4.78, 5) is 24.1. The molecule has 7 nitrogen and oxygen atoms in total. The molecule has 1 aliphatic heterocycles. The largest absolute Gasteiger partial charge is 0.484 e. The Hall–Kier alpha value is -2.22. The number of rotatable bonds is 7. The maximum absolute atomic E-state index is 13.6. The van der Waals surface area contributed by atoms with Crippen molar-refractivity contribution in [3.63, 3.8) is 0 Å². The summed E-state index contributed by atoms with van der Waals surface area (Å²) in [5.41, 5.74) is -0.615. The molecule has 1 saturated heterocycles. The first-order valence-electron chi connectivity index (χ1n) is 8.09. The standard InChI is InChI=1S/C16H22FN3O4/c1-2-9-19(12-5-7-18-8-6-12)16(21)11-24-13-3-4-15(20(22)23)14(17)10-13/h3-4,10,12,18H,2,5-9,11H2,1H3. The van der Waals surface area contributed by atoms with Gasteiger partial charge in [-0.3, -0.25) is 14.9 Å². The average Bonchev–Trinajstić information content (AvgIpc) is 2.58. The molecule has 1 amide bonds. The highest BCUT2D eigenvalue weighted by Gasteiger charge is 2.25. The summed E-state index contributed by atoms with van der Waals surface area (Å²) in [6, 6.07) is 3.45. The van der Waals surface area contributed by atoms with Crippen LogP contribution in [0.25, 0.3) is 0 Å². The van der Waals surface area contributed by atoms with Crippen LogP contribution in [0.1, 0.15) is 26.2 Å². The number of carbonyl (C=O) groups excluding carboxylic acids is 1. The van der Waals surface area contributed by atoms with E-state index in [0.29, 0.717) is 6.54 Å². The lowest BCUT2D eigenvalue weighted by molar-refractivity contribution is -0.387. The highest BCUT2D eigenvalue weighted by molar-refractivity contribution is 5.78. The number of halogens is 1. The van der Waals surface area contributed by atoms with Crippen LogP contribution in [0.4, 0.5) is 10.1 Å². The van der Waals surface area contributed by atoms with Crippen molar-refractivity contribution in [2.45, 2.75) is 32.2 Å². The number of nitro benzene ring substituents is 1. The van der Waals surface area contributed by atoms with Crippen molar-refractivity contribution in [3.8, 4) is 5.75 Å². The zero-order valence-electron chi connectivity index (χ0n) is 13.7. The third kappa shape index (κ3) is 4.64. The molecule has 1 heterocycles. The Morgan fingerprint density at radius 2 is 2.17 bits per heavy atom. The molecule has 0 bridgehead atoms. The molecule has 1 fully saturated rings. The number of benzene rings is 1. The first-order chi connectivity index (χ1) is 11.5. The highest BCUT2D eigenvalue weighted by atomic mass is 19.1. The number of nitrogens with zero attached hydrogens (tertiary/aromatic N) is 2. The molecule has 0 saturated carbocycles. The lowest BCUT2D eigenvalue weighted by Gasteiger charge is -2.34. The fraction of sp³-hybridized carbons (Fsp3) is 0.562. The van der Waals surface area contributed by atoms with Crippen molar-refractivity contribution in [2.75, 3.05) is 26.2 Å². The van der Waals surface area contributed by atoms with Crippen LogP contribution in [0.3, 0.4) is 0 Å². The number of amides is 1. The molecule has 0 radical (unpaired) electrons. The molecule has 132 valence electrons.